The molecule has 12 heteroatoms. The van der Waals surface area contributed by atoms with Crippen LogP contribution in [0.2, 0.25) is 0 Å². The number of nitrogens with one attached hydrogen (secondary N) is 3. The number of aliphatic hydroxyl groups is 1. The molecule has 0 aromatic heterocycles. The van der Waals surface area contributed by atoms with Crippen LogP contribution in [0.1, 0.15) is 26.7 Å². The lowest BCUT2D eigenvalue weighted by Crippen LogP contribution is -2.56. The summed E-state index contributed by atoms with van der Waals surface area (Å²) < 4.78 is 0. The Morgan fingerprint density at radius 3 is 2.04 bits per heavy atom. The molecule has 0 bridgehead atoms. The third-order valence-corrected chi connectivity index (χ3v) is 3.49. The van der Waals surface area contributed by atoms with E-state index in [-0.39, 0.29) is 12.8 Å². The van der Waals surface area contributed by atoms with Gasteiger partial charge in [0.2, 0.25) is 17.7 Å². The summed E-state index contributed by atoms with van der Waals surface area (Å²) in [7, 11) is 0. The molecule has 154 valence electrons. The number of aliphatic carboxylic acids is 2. The maximum Gasteiger partial charge on any atom is 0.328 e. The van der Waals surface area contributed by atoms with Gasteiger partial charge in [0.15, 0.2) is 0 Å². The first-order chi connectivity index (χ1) is 12.5. The Bertz CT molecular complexity index is 566. The zero-order chi connectivity index (χ0) is 21.1. The first-order valence-electron chi connectivity index (χ1n) is 8.18. The van der Waals surface area contributed by atoms with Crippen molar-refractivity contribution in [2.45, 2.75) is 44.8 Å². The molecule has 27 heavy (non-hydrogen) atoms. The van der Waals surface area contributed by atoms with Crippen LogP contribution in [-0.2, 0) is 24.0 Å². The molecule has 0 fully saturated rings. The van der Waals surface area contributed by atoms with Crippen molar-refractivity contribution in [3.05, 3.63) is 0 Å². The molecule has 0 aromatic rings. The van der Waals surface area contributed by atoms with E-state index >= 15 is 0 Å². The van der Waals surface area contributed by atoms with Gasteiger partial charge in [-0.1, -0.05) is 13.8 Å². The molecule has 3 atom stereocenters. The van der Waals surface area contributed by atoms with Crippen LogP contribution in [0, 0.1) is 5.92 Å². The van der Waals surface area contributed by atoms with Gasteiger partial charge >= 0.3 is 11.9 Å². The van der Waals surface area contributed by atoms with Crippen molar-refractivity contribution in [3.8, 4) is 0 Å². The summed E-state index contributed by atoms with van der Waals surface area (Å²) in [5.41, 5.74) is 5.50. The van der Waals surface area contributed by atoms with Crippen molar-refractivity contribution < 1.29 is 39.3 Å². The van der Waals surface area contributed by atoms with Crippen LogP contribution < -0.4 is 21.7 Å². The smallest absolute Gasteiger partial charge is 0.328 e. The molecule has 3 unspecified atom stereocenters. The van der Waals surface area contributed by atoms with Crippen molar-refractivity contribution >= 4 is 29.7 Å². The van der Waals surface area contributed by atoms with Crippen molar-refractivity contribution in [2.24, 2.45) is 11.7 Å². The summed E-state index contributed by atoms with van der Waals surface area (Å²) >= 11 is 0. The molecule has 0 aliphatic rings. The van der Waals surface area contributed by atoms with E-state index in [4.69, 9.17) is 21.1 Å². The number of nitrogens with two attached hydrogens (primary N) is 1. The Morgan fingerprint density at radius 2 is 1.59 bits per heavy atom. The highest BCUT2D eigenvalue weighted by Gasteiger charge is 2.28. The van der Waals surface area contributed by atoms with Crippen molar-refractivity contribution in [1.29, 1.82) is 0 Å². The summed E-state index contributed by atoms with van der Waals surface area (Å²) in [5.74, 6) is -5.19. The number of carbonyl (C=O) groups excluding carboxylic acids is 3. The fourth-order valence-corrected chi connectivity index (χ4v) is 1.91. The molecular weight excluding hydrogens is 364 g/mol. The highest BCUT2D eigenvalue weighted by molar-refractivity contribution is 5.92. The number of aliphatic hydroxyl groups excluding tert-OH is 1. The van der Waals surface area contributed by atoms with Gasteiger partial charge in [-0.3, -0.25) is 19.2 Å². The van der Waals surface area contributed by atoms with Gasteiger partial charge in [-0.25, -0.2) is 4.79 Å². The number of carboxylic acid groups (broad SMARTS) is 2. The predicted molar refractivity (Wildman–Crippen MR) is 91.3 cm³/mol. The van der Waals surface area contributed by atoms with Gasteiger partial charge in [-0.05, 0) is 12.3 Å². The number of hydrogen-bond donors (Lipinski definition) is 7. The Hall–Kier alpha value is -2.73. The second-order valence-electron chi connectivity index (χ2n) is 6.13. The fourth-order valence-electron chi connectivity index (χ4n) is 1.91. The first-order valence-corrected chi connectivity index (χ1v) is 8.18. The Labute approximate surface area is 155 Å². The van der Waals surface area contributed by atoms with E-state index in [1.807, 2.05) is 0 Å². The van der Waals surface area contributed by atoms with Crippen LogP contribution in [0.3, 0.4) is 0 Å². The van der Waals surface area contributed by atoms with E-state index in [2.05, 4.69) is 16.0 Å². The summed E-state index contributed by atoms with van der Waals surface area (Å²) in [6.45, 7) is 1.90. The number of carbonyl (C=O) groups is 5. The van der Waals surface area contributed by atoms with E-state index in [1.165, 1.54) is 0 Å². The Morgan fingerprint density at radius 1 is 1.00 bits per heavy atom. The molecule has 0 rings (SSSR count). The third kappa shape index (κ3) is 9.51. The van der Waals surface area contributed by atoms with Crippen molar-refractivity contribution in [2.75, 3.05) is 13.2 Å². The lowest BCUT2D eigenvalue weighted by molar-refractivity contribution is -0.143. The molecule has 0 aliphatic carbocycles. The van der Waals surface area contributed by atoms with Gasteiger partial charge in [-0.2, -0.15) is 0 Å². The van der Waals surface area contributed by atoms with E-state index in [1.54, 1.807) is 13.8 Å². The van der Waals surface area contributed by atoms with E-state index in [0.717, 1.165) is 0 Å². The normalized spacial score (nSPS) is 14.0. The van der Waals surface area contributed by atoms with Crippen LogP contribution in [0.5, 0.6) is 0 Å². The topological polar surface area (TPSA) is 208 Å². The zero-order valence-electron chi connectivity index (χ0n) is 15.1. The second-order valence-corrected chi connectivity index (χ2v) is 6.13. The molecule has 0 radical (unpaired) electrons. The Kier molecular flexibility index (Phi) is 10.6. The molecule has 0 saturated heterocycles. The van der Waals surface area contributed by atoms with Crippen LogP contribution in [-0.4, -0.2) is 76.3 Å². The summed E-state index contributed by atoms with van der Waals surface area (Å²) in [4.78, 5) is 57.1. The minimum Gasteiger partial charge on any atom is -0.481 e. The monoisotopic (exact) mass is 390 g/mol. The van der Waals surface area contributed by atoms with Gasteiger partial charge < -0.3 is 37.0 Å². The molecule has 0 saturated carbocycles. The lowest BCUT2D eigenvalue weighted by Gasteiger charge is -2.23. The van der Waals surface area contributed by atoms with Gasteiger partial charge in [0.25, 0.3) is 0 Å². The zero-order valence-corrected chi connectivity index (χ0v) is 15.1. The minimum absolute atomic E-state index is 0.0997. The van der Waals surface area contributed by atoms with E-state index < -0.39 is 66.9 Å². The quantitative estimate of drug-likeness (QED) is 0.181. The summed E-state index contributed by atoms with van der Waals surface area (Å²) in [6, 6.07) is -3.70. The second kappa shape index (κ2) is 11.8. The first kappa shape index (κ1) is 24.3. The third-order valence-electron chi connectivity index (χ3n) is 3.49. The largest absolute Gasteiger partial charge is 0.481 e. The van der Waals surface area contributed by atoms with Gasteiger partial charge in [0, 0.05) is 6.42 Å². The molecule has 3 amide bonds. The highest BCUT2D eigenvalue weighted by atomic mass is 16.4. The molecule has 0 aliphatic heterocycles. The standard InChI is InChI=1S/C15H26N4O8/c1-7(2)12(14(25)18-9(6-20)15(26)27)19-10(21)5-17-13(24)8(16)3-4-11(22)23/h7-9,12,20H,3-6,16H2,1-2H3,(H,17,24)(H,18,25)(H,19,21)(H,22,23)(H,26,27). The number of carboxylic acids is 2. The highest BCUT2D eigenvalue weighted by Crippen LogP contribution is 2.02. The van der Waals surface area contributed by atoms with Crippen LogP contribution in [0.15, 0.2) is 0 Å². The SMILES string of the molecule is CC(C)C(NC(=O)CNC(=O)C(N)CCC(=O)O)C(=O)NC(CO)C(=O)O. The number of rotatable bonds is 12. The molecule has 0 heterocycles. The van der Waals surface area contributed by atoms with Crippen molar-refractivity contribution in [3.63, 3.8) is 0 Å². The van der Waals surface area contributed by atoms with Gasteiger partial charge in [-0.15, -0.1) is 0 Å². The van der Waals surface area contributed by atoms with Crippen LogP contribution in [0.4, 0.5) is 0 Å². The molecule has 0 spiro atoms. The lowest BCUT2D eigenvalue weighted by atomic mass is 10.0. The molecule has 8 N–H and O–H groups in total. The van der Waals surface area contributed by atoms with Crippen LogP contribution >= 0.6 is 0 Å². The van der Waals surface area contributed by atoms with E-state index in [0.29, 0.717) is 0 Å². The predicted octanol–water partition coefficient (Wildman–Crippen LogP) is -3.00. The number of amides is 3. The summed E-state index contributed by atoms with van der Waals surface area (Å²) in [5, 5.41) is 33.0. The maximum absolute atomic E-state index is 12.1. The van der Waals surface area contributed by atoms with Crippen molar-refractivity contribution in [1.82, 2.24) is 16.0 Å². The Balaban J connectivity index is 4.63. The van der Waals surface area contributed by atoms with Crippen LogP contribution in [0.25, 0.3) is 0 Å². The molecule has 0 aromatic carbocycles. The number of hydrogen-bond acceptors (Lipinski definition) is 7. The molecule has 12 nitrogen and oxygen atoms in total. The fraction of sp³-hybridized carbons (Fsp3) is 0.667. The van der Waals surface area contributed by atoms with Gasteiger partial charge in [0.1, 0.15) is 12.1 Å². The average molecular weight is 390 g/mol. The average Bonchev–Trinajstić information content (AvgIpc) is 2.58. The maximum atomic E-state index is 12.1. The summed E-state index contributed by atoms with van der Waals surface area (Å²) in [6.07, 6.45) is -0.399. The minimum atomic E-state index is -1.51. The van der Waals surface area contributed by atoms with E-state index in [9.17, 15) is 24.0 Å². The molecular formula is C15H26N4O8. The van der Waals surface area contributed by atoms with Gasteiger partial charge in [0.05, 0.1) is 19.2 Å².